The maximum absolute atomic E-state index is 13.1. The van der Waals surface area contributed by atoms with E-state index in [0.29, 0.717) is 27.6 Å². The molecule has 4 rings (SSSR count). The summed E-state index contributed by atoms with van der Waals surface area (Å²) < 4.78 is 5.71. The number of benzene rings is 3. The number of nitrogens with one attached hydrogen (secondary N) is 1. The number of hydrogen-bond donors (Lipinski definition) is 2. The summed E-state index contributed by atoms with van der Waals surface area (Å²) >= 11 is 6.04. The minimum Gasteiger partial charge on any atom is -0.489 e. The molecule has 4 amide bonds. The first kappa shape index (κ1) is 23.7. The van der Waals surface area contributed by atoms with Crippen molar-refractivity contribution in [1.29, 1.82) is 0 Å². The van der Waals surface area contributed by atoms with Gasteiger partial charge in [0.05, 0.1) is 11.3 Å². The second kappa shape index (κ2) is 9.82. The molecule has 0 bridgehead atoms. The van der Waals surface area contributed by atoms with Gasteiger partial charge in [0.25, 0.3) is 11.8 Å². The van der Waals surface area contributed by atoms with Crippen molar-refractivity contribution >= 4 is 47.2 Å². The molecule has 0 unspecified atom stereocenters. The molecule has 8 nitrogen and oxygen atoms in total. The van der Waals surface area contributed by atoms with Crippen LogP contribution in [0, 0.1) is 6.92 Å². The zero-order valence-electron chi connectivity index (χ0n) is 18.4. The van der Waals surface area contributed by atoms with E-state index in [9.17, 15) is 19.2 Å². The SMILES string of the molecule is Cc1ccc(Cl)cc1N1C(=O)NC(=O)/C(=C\c2ccc(OCc3ccc(C(=O)O)cc3)cc2)C1=O. The smallest absolute Gasteiger partial charge is 0.335 e. The molecule has 3 aromatic carbocycles. The van der Waals surface area contributed by atoms with E-state index in [2.05, 4.69) is 5.32 Å². The molecule has 0 spiro atoms. The van der Waals surface area contributed by atoms with E-state index in [-0.39, 0.29) is 17.7 Å². The van der Waals surface area contributed by atoms with Crippen molar-refractivity contribution < 1.29 is 29.0 Å². The van der Waals surface area contributed by atoms with Gasteiger partial charge in [0.15, 0.2) is 0 Å². The zero-order chi connectivity index (χ0) is 25.1. The Bertz CT molecular complexity index is 1360. The Morgan fingerprint density at radius 3 is 2.37 bits per heavy atom. The number of nitrogens with zero attached hydrogens (tertiary/aromatic N) is 1. The van der Waals surface area contributed by atoms with Crippen LogP contribution in [-0.2, 0) is 16.2 Å². The van der Waals surface area contributed by atoms with Crippen LogP contribution in [0.5, 0.6) is 5.75 Å². The number of carboxylic acids is 1. The number of aromatic carboxylic acids is 1. The molecule has 1 saturated heterocycles. The largest absolute Gasteiger partial charge is 0.489 e. The zero-order valence-corrected chi connectivity index (χ0v) is 19.2. The first-order chi connectivity index (χ1) is 16.7. The number of halogens is 1. The number of carbonyl (C=O) groups is 4. The summed E-state index contributed by atoms with van der Waals surface area (Å²) in [7, 11) is 0. The van der Waals surface area contributed by atoms with Crippen LogP contribution < -0.4 is 15.0 Å². The van der Waals surface area contributed by atoms with Gasteiger partial charge in [0.1, 0.15) is 17.9 Å². The number of carbonyl (C=O) groups excluding carboxylic acids is 3. The fraction of sp³-hybridized carbons (Fsp3) is 0.0769. The lowest BCUT2D eigenvalue weighted by atomic mass is 10.1. The van der Waals surface area contributed by atoms with E-state index in [1.807, 2.05) is 0 Å². The Morgan fingerprint density at radius 1 is 1.03 bits per heavy atom. The van der Waals surface area contributed by atoms with Crippen molar-refractivity contribution in [1.82, 2.24) is 5.32 Å². The molecule has 176 valence electrons. The molecule has 1 heterocycles. The normalized spacial score (nSPS) is 14.7. The molecular weight excluding hydrogens is 472 g/mol. The fourth-order valence-corrected chi connectivity index (χ4v) is 3.60. The molecule has 0 aromatic heterocycles. The summed E-state index contributed by atoms with van der Waals surface area (Å²) in [4.78, 5) is 49.7. The van der Waals surface area contributed by atoms with Crippen molar-refractivity contribution in [2.45, 2.75) is 13.5 Å². The van der Waals surface area contributed by atoms with Gasteiger partial charge in [-0.3, -0.25) is 14.9 Å². The molecule has 2 N–H and O–H groups in total. The third-order valence-electron chi connectivity index (χ3n) is 5.31. The Hall–Kier alpha value is -4.43. The number of ether oxygens (including phenoxy) is 1. The third kappa shape index (κ3) is 5.23. The van der Waals surface area contributed by atoms with E-state index >= 15 is 0 Å². The van der Waals surface area contributed by atoms with Crippen molar-refractivity contribution in [3.8, 4) is 5.75 Å². The van der Waals surface area contributed by atoms with Gasteiger partial charge in [-0.1, -0.05) is 41.9 Å². The Morgan fingerprint density at radius 2 is 1.71 bits per heavy atom. The van der Waals surface area contributed by atoms with E-state index in [1.165, 1.54) is 24.3 Å². The van der Waals surface area contributed by atoms with Crippen LogP contribution in [-0.4, -0.2) is 28.9 Å². The molecule has 9 heteroatoms. The first-order valence-corrected chi connectivity index (χ1v) is 10.8. The molecule has 0 aliphatic carbocycles. The number of aryl methyl sites for hydroxylation is 1. The third-order valence-corrected chi connectivity index (χ3v) is 5.55. The fourth-order valence-electron chi connectivity index (χ4n) is 3.44. The van der Waals surface area contributed by atoms with Gasteiger partial charge in [-0.25, -0.2) is 14.5 Å². The number of amides is 4. The Kier molecular flexibility index (Phi) is 6.66. The van der Waals surface area contributed by atoms with Crippen molar-refractivity contribution in [2.75, 3.05) is 4.90 Å². The average Bonchev–Trinajstić information content (AvgIpc) is 2.83. The van der Waals surface area contributed by atoms with Gasteiger partial charge in [-0.05, 0) is 66.1 Å². The highest BCUT2D eigenvalue weighted by Gasteiger charge is 2.37. The highest BCUT2D eigenvalue weighted by molar-refractivity contribution is 6.39. The van der Waals surface area contributed by atoms with Crippen LogP contribution in [0.2, 0.25) is 5.02 Å². The number of carboxylic acid groups (broad SMARTS) is 1. The van der Waals surface area contributed by atoms with Gasteiger partial charge < -0.3 is 9.84 Å². The molecule has 0 saturated carbocycles. The lowest BCUT2D eigenvalue weighted by molar-refractivity contribution is -0.122. The van der Waals surface area contributed by atoms with Crippen molar-refractivity contribution in [2.24, 2.45) is 0 Å². The Balaban J connectivity index is 1.50. The average molecular weight is 491 g/mol. The standard InChI is InChI=1S/C26H19ClN2O6/c1-15-2-9-19(27)13-22(15)29-24(31)21(23(30)28-26(29)34)12-16-5-10-20(11-6-16)35-14-17-3-7-18(8-4-17)25(32)33/h2-13H,14H2,1H3,(H,32,33)(H,28,30,34)/b21-12+. The van der Waals surface area contributed by atoms with Crippen LogP contribution in [0.3, 0.4) is 0 Å². The van der Waals surface area contributed by atoms with Gasteiger partial charge >= 0.3 is 12.0 Å². The number of rotatable bonds is 6. The first-order valence-electron chi connectivity index (χ1n) is 10.5. The summed E-state index contributed by atoms with van der Waals surface area (Å²) in [5.74, 6) is -2.00. The Labute approximate surface area is 205 Å². The molecule has 0 radical (unpaired) electrons. The summed E-state index contributed by atoms with van der Waals surface area (Å²) in [6.45, 7) is 1.96. The van der Waals surface area contributed by atoms with E-state index < -0.39 is 23.8 Å². The maximum Gasteiger partial charge on any atom is 0.335 e. The van der Waals surface area contributed by atoms with Crippen LogP contribution in [0.25, 0.3) is 6.08 Å². The second-order valence-corrected chi connectivity index (χ2v) is 8.18. The highest BCUT2D eigenvalue weighted by atomic mass is 35.5. The molecule has 1 aliphatic heterocycles. The number of barbiturate groups is 1. The number of imide groups is 2. The van der Waals surface area contributed by atoms with Crippen LogP contribution in [0.15, 0.2) is 72.3 Å². The van der Waals surface area contributed by atoms with E-state index in [4.69, 9.17) is 21.4 Å². The quantitative estimate of drug-likeness (QED) is 0.386. The van der Waals surface area contributed by atoms with Crippen LogP contribution in [0.1, 0.15) is 27.0 Å². The molecule has 35 heavy (non-hydrogen) atoms. The number of hydrogen-bond acceptors (Lipinski definition) is 5. The summed E-state index contributed by atoms with van der Waals surface area (Å²) in [5.41, 5.74) is 2.28. The molecule has 1 fully saturated rings. The van der Waals surface area contributed by atoms with E-state index in [0.717, 1.165) is 10.5 Å². The highest BCUT2D eigenvalue weighted by Crippen LogP contribution is 2.28. The minimum absolute atomic E-state index is 0.193. The number of anilines is 1. The van der Waals surface area contributed by atoms with Gasteiger partial charge in [-0.15, -0.1) is 0 Å². The topological polar surface area (TPSA) is 113 Å². The maximum atomic E-state index is 13.1. The molecule has 3 aromatic rings. The molecule has 1 aliphatic rings. The lowest BCUT2D eigenvalue weighted by Crippen LogP contribution is -2.54. The summed E-state index contributed by atoms with van der Waals surface area (Å²) in [5, 5.41) is 11.5. The van der Waals surface area contributed by atoms with Gasteiger partial charge in [-0.2, -0.15) is 0 Å². The second-order valence-electron chi connectivity index (χ2n) is 7.75. The minimum atomic E-state index is -0.998. The monoisotopic (exact) mass is 490 g/mol. The summed E-state index contributed by atoms with van der Waals surface area (Å²) in [6.07, 6.45) is 1.39. The van der Waals surface area contributed by atoms with Crippen LogP contribution in [0.4, 0.5) is 10.5 Å². The summed E-state index contributed by atoms with van der Waals surface area (Å²) in [6, 6.07) is 17.0. The van der Waals surface area contributed by atoms with Crippen LogP contribution >= 0.6 is 11.6 Å². The predicted molar refractivity (Wildman–Crippen MR) is 129 cm³/mol. The van der Waals surface area contributed by atoms with Gasteiger partial charge in [0.2, 0.25) is 0 Å². The number of urea groups is 1. The van der Waals surface area contributed by atoms with Crippen molar-refractivity contribution in [3.05, 3.63) is 99.6 Å². The lowest BCUT2D eigenvalue weighted by Gasteiger charge is -2.27. The van der Waals surface area contributed by atoms with Crippen molar-refractivity contribution in [3.63, 3.8) is 0 Å². The molecule has 0 atom stereocenters. The van der Waals surface area contributed by atoms with E-state index in [1.54, 1.807) is 55.5 Å². The predicted octanol–water partition coefficient (Wildman–Crippen LogP) is 4.59. The molecular formula is C26H19ClN2O6. The van der Waals surface area contributed by atoms with Gasteiger partial charge in [0, 0.05) is 5.02 Å².